The van der Waals surface area contributed by atoms with Gasteiger partial charge in [0, 0.05) is 57.7 Å². The summed E-state index contributed by atoms with van der Waals surface area (Å²) in [7, 11) is -3.27. The first-order valence-corrected chi connectivity index (χ1v) is 14.9. The number of sulfone groups is 1. The van der Waals surface area contributed by atoms with E-state index in [-0.39, 0.29) is 29.7 Å². The van der Waals surface area contributed by atoms with Crippen LogP contribution < -0.4 is 15.4 Å². The van der Waals surface area contributed by atoms with Crippen LogP contribution in [0, 0.1) is 11.6 Å². The van der Waals surface area contributed by atoms with Crippen LogP contribution in [0.4, 0.5) is 20.4 Å². The van der Waals surface area contributed by atoms with Crippen molar-refractivity contribution >= 4 is 38.3 Å². The summed E-state index contributed by atoms with van der Waals surface area (Å²) in [5, 5.41) is 4.39. The fourth-order valence-electron chi connectivity index (χ4n) is 4.74. The Morgan fingerprint density at radius 3 is 2.61 bits per heavy atom. The molecule has 1 saturated heterocycles. The lowest BCUT2D eigenvalue weighted by Crippen LogP contribution is -2.47. The first-order valence-electron chi connectivity index (χ1n) is 12.8. The average molecular weight is 588 g/mol. The second-order valence-corrected chi connectivity index (χ2v) is 12.0. The fraction of sp³-hybridized carbons (Fsp3) is 0.360. The molecule has 1 fully saturated rings. The van der Waals surface area contributed by atoms with Crippen LogP contribution in [-0.2, 0) is 16.4 Å². The van der Waals surface area contributed by atoms with Crippen LogP contribution in [0.2, 0.25) is 0 Å². The largest absolute Gasteiger partial charge is 0.489 e. The maximum atomic E-state index is 14.6. The van der Waals surface area contributed by atoms with Crippen molar-refractivity contribution in [3.05, 3.63) is 48.5 Å². The second kappa shape index (κ2) is 10.6. The Morgan fingerprint density at radius 2 is 1.88 bits per heavy atom. The van der Waals surface area contributed by atoms with Gasteiger partial charge in [0.1, 0.15) is 12.4 Å². The summed E-state index contributed by atoms with van der Waals surface area (Å²) < 4.78 is 65.6. The van der Waals surface area contributed by atoms with Crippen molar-refractivity contribution in [1.29, 1.82) is 0 Å². The highest BCUT2D eigenvalue weighted by Gasteiger charge is 2.23. The number of hydrogen-bond donors (Lipinski definition) is 1. The van der Waals surface area contributed by atoms with E-state index in [1.165, 1.54) is 10.6 Å². The van der Waals surface area contributed by atoms with E-state index in [2.05, 4.69) is 25.0 Å². The molecular weight excluding hydrogens is 560 g/mol. The van der Waals surface area contributed by atoms with Crippen molar-refractivity contribution in [2.75, 3.05) is 62.0 Å². The lowest BCUT2D eigenvalue weighted by Gasteiger charge is -2.36. The number of imidazole rings is 1. The predicted octanol–water partition coefficient (Wildman–Crippen LogP) is 1.84. The molecule has 0 bridgehead atoms. The number of benzene rings is 1. The molecule has 0 radical (unpaired) electrons. The fourth-order valence-corrected chi connectivity index (χ4v) is 5.13. The summed E-state index contributed by atoms with van der Waals surface area (Å²) >= 11 is 0. The lowest BCUT2D eigenvalue weighted by atomic mass is 10.2. The molecule has 2 N–H and O–H groups in total. The molecule has 0 unspecified atom stereocenters. The van der Waals surface area contributed by atoms with Gasteiger partial charge in [-0.3, -0.25) is 4.90 Å². The number of furan rings is 1. The topological polar surface area (TPSA) is 150 Å². The number of anilines is 2. The molecule has 5 heterocycles. The molecule has 0 aliphatic carbocycles. The third-order valence-corrected chi connectivity index (χ3v) is 7.80. The van der Waals surface area contributed by atoms with Gasteiger partial charge in [0.25, 0.3) is 0 Å². The molecule has 0 saturated carbocycles. The Bertz CT molecular complexity index is 1810. The zero-order valence-corrected chi connectivity index (χ0v) is 22.9. The highest BCUT2D eigenvalue weighted by atomic mass is 32.2. The number of rotatable bonds is 9. The number of nitrogens with two attached hydrogens (primary N) is 1. The number of hydrogen-bond acceptors (Lipinski definition) is 11. The van der Waals surface area contributed by atoms with Gasteiger partial charge in [-0.25, -0.2) is 27.2 Å². The van der Waals surface area contributed by atoms with Gasteiger partial charge in [0.15, 0.2) is 44.0 Å². The molecule has 4 aromatic heterocycles. The minimum Gasteiger partial charge on any atom is -0.489 e. The van der Waals surface area contributed by atoms with Gasteiger partial charge in [0.2, 0.25) is 11.8 Å². The Balaban J connectivity index is 1.11. The molecule has 16 heteroatoms. The van der Waals surface area contributed by atoms with Crippen LogP contribution in [0.25, 0.3) is 28.4 Å². The average Bonchev–Trinajstić information content (AvgIpc) is 3.68. The predicted molar refractivity (Wildman–Crippen MR) is 146 cm³/mol. The van der Waals surface area contributed by atoms with Crippen molar-refractivity contribution in [3.8, 4) is 17.3 Å². The number of piperazine rings is 1. The van der Waals surface area contributed by atoms with Crippen LogP contribution in [0.15, 0.2) is 41.3 Å². The van der Waals surface area contributed by atoms with Crippen molar-refractivity contribution in [2.24, 2.45) is 0 Å². The van der Waals surface area contributed by atoms with Crippen LogP contribution in [0.3, 0.4) is 0 Å². The Labute approximate surface area is 233 Å². The van der Waals surface area contributed by atoms with Crippen molar-refractivity contribution in [2.45, 2.75) is 6.54 Å². The van der Waals surface area contributed by atoms with E-state index >= 15 is 0 Å². The van der Waals surface area contributed by atoms with E-state index < -0.39 is 21.5 Å². The molecule has 5 aromatic rings. The molecular formula is C25H27F2N9O4S. The van der Waals surface area contributed by atoms with E-state index in [0.717, 1.165) is 12.3 Å². The molecule has 0 amide bonds. The minimum atomic E-state index is -3.27. The Hall–Kier alpha value is -4.31. The van der Waals surface area contributed by atoms with Gasteiger partial charge >= 0.3 is 0 Å². The molecule has 1 aromatic carbocycles. The SMILES string of the molecule is CS(=O)(=O)CCOc1cc(N2CCN(CCn3cnc4c3nc(N)n3nc(-c5ccco5)nc43)CC2)c(F)cc1F. The first-order chi connectivity index (χ1) is 19.7. The summed E-state index contributed by atoms with van der Waals surface area (Å²) in [6, 6.07) is 5.57. The van der Waals surface area contributed by atoms with Crippen molar-refractivity contribution in [3.63, 3.8) is 0 Å². The van der Waals surface area contributed by atoms with E-state index in [1.807, 2.05) is 9.47 Å². The van der Waals surface area contributed by atoms with Crippen molar-refractivity contribution in [1.82, 2.24) is 34.0 Å². The molecule has 6 rings (SSSR count). The summed E-state index contributed by atoms with van der Waals surface area (Å²) in [5.41, 5.74) is 8.02. The zero-order chi connectivity index (χ0) is 28.7. The summed E-state index contributed by atoms with van der Waals surface area (Å²) in [5.74, 6) is -0.944. The normalized spacial score (nSPS) is 14.9. The third kappa shape index (κ3) is 5.52. The van der Waals surface area contributed by atoms with Crippen LogP contribution in [0.5, 0.6) is 5.75 Å². The molecule has 216 valence electrons. The van der Waals surface area contributed by atoms with E-state index in [0.29, 0.717) is 67.7 Å². The summed E-state index contributed by atoms with van der Waals surface area (Å²) in [4.78, 5) is 17.6. The number of nitrogens with zero attached hydrogens (tertiary/aromatic N) is 8. The van der Waals surface area contributed by atoms with Gasteiger partial charge in [-0.2, -0.15) is 9.50 Å². The highest BCUT2D eigenvalue weighted by Crippen LogP contribution is 2.29. The number of fused-ring (bicyclic) bond motifs is 3. The number of aromatic nitrogens is 6. The molecule has 41 heavy (non-hydrogen) atoms. The van der Waals surface area contributed by atoms with Crippen LogP contribution >= 0.6 is 0 Å². The highest BCUT2D eigenvalue weighted by molar-refractivity contribution is 7.90. The lowest BCUT2D eigenvalue weighted by molar-refractivity contribution is 0.248. The quantitative estimate of drug-likeness (QED) is 0.269. The molecule has 1 aliphatic heterocycles. The van der Waals surface area contributed by atoms with Crippen molar-refractivity contribution < 1.29 is 26.4 Å². The van der Waals surface area contributed by atoms with Crippen LogP contribution in [-0.4, -0.2) is 93.8 Å². The van der Waals surface area contributed by atoms with Gasteiger partial charge in [-0.05, 0) is 12.1 Å². The van der Waals surface area contributed by atoms with Gasteiger partial charge in [-0.1, -0.05) is 0 Å². The standard InChI is InChI=1S/C25H27F2N9O4S/c1-41(37,38)12-11-40-20-14-18(16(26)13-17(20)27)34-7-4-33(5-8-34)6-9-35-15-29-21-23(35)31-25(28)36-24(21)30-22(32-36)19-3-2-10-39-19/h2-3,10,13-15H,4-9,11-12H2,1H3,(H2,28,31). The number of halogens is 2. The van der Waals surface area contributed by atoms with Gasteiger partial charge in [0.05, 0.1) is 24.0 Å². The Kier molecular flexibility index (Phi) is 6.94. The molecule has 13 nitrogen and oxygen atoms in total. The number of ether oxygens (including phenoxy) is 1. The van der Waals surface area contributed by atoms with E-state index in [9.17, 15) is 17.2 Å². The molecule has 0 atom stereocenters. The number of nitrogen functional groups attached to an aromatic ring is 1. The first kappa shape index (κ1) is 26.9. The van der Waals surface area contributed by atoms with Gasteiger partial charge in [-0.15, -0.1) is 5.10 Å². The smallest absolute Gasteiger partial charge is 0.225 e. The Morgan fingerprint density at radius 1 is 1.07 bits per heavy atom. The molecule has 0 spiro atoms. The second-order valence-electron chi connectivity index (χ2n) is 9.77. The molecule has 1 aliphatic rings. The zero-order valence-electron chi connectivity index (χ0n) is 22.1. The van der Waals surface area contributed by atoms with E-state index in [4.69, 9.17) is 14.9 Å². The van der Waals surface area contributed by atoms with Gasteiger partial charge < -0.3 is 24.4 Å². The minimum absolute atomic E-state index is 0.175. The third-order valence-electron chi connectivity index (χ3n) is 6.89. The maximum absolute atomic E-state index is 14.6. The van der Waals surface area contributed by atoms with Crippen LogP contribution in [0.1, 0.15) is 0 Å². The maximum Gasteiger partial charge on any atom is 0.225 e. The summed E-state index contributed by atoms with van der Waals surface area (Å²) in [6.07, 6.45) is 4.30. The van der Waals surface area contributed by atoms with E-state index in [1.54, 1.807) is 24.7 Å². The monoisotopic (exact) mass is 587 g/mol. The summed E-state index contributed by atoms with van der Waals surface area (Å²) in [6.45, 7) is 3.36.